The van der Waals surface area contributed by atoms with Crippen molar-refractivity contribution in [3.63, 3.8) is 0 Å². The molecule has 0 heterocycles. The fraction of sp³-hybridized carbons (Fsp3) is 1.00. The molecule has 110 valence electrons. The Hall–Kier alpha value is -0.120. The van der Waals surface area contributed by atoms with Crippen LogP contribution in [0.15, 0.2) is 0 Å². The summed E-state index contributed by atoms with van der Waals surface area (Å²) >= 11 is 0. The van der Waals surface area contributed by atoms with Crippen molar-refractivity contribution < 1.29 is 9.47 Å². The van der Waals surface area contributed by atoms with E-state index in [1.165, 1.54) is 12.8 Å². The van der Waals surface area contributed by atoms with Crippen LogP contribution in [0.3, 0.4) is 0 Å². The van der Waals surface area contributed by atoms with Crippen LogP contribution < -0.4 is 0 Å². The predicted octanol–water partition coefficient (Wildman–Crippen LogP) is 3.53. The van der Waals surface area contributed by atoms with Gasteiger partial charge in [-0.05, 0) is 32.6 Å². The van der Waals surface area contributed by atoms with Gasteiger partial charge < -0.3 is 9.47 Å². The standard InChI is InChI=1S/C15H33NO2/c1-7-14(8-2)16(11-13(5)6)12-15(17-9-3)18-10-4/h13-15H,7-12H2,1-6H3. The molecule has 0 rings (SSSR count). The molecule has 0 aromatic rings. The van der Waals surface area contributed by atoms with Crippen molar-refractivity contribution in [3.8, 4) is 0 Å². The summed E-state index contributed by atoms with van der Waals surface area (Å²) in [6.07, 6.45) is 2.29. The molecular formula is C15H33NO2. The van der Waals surface area contributed by atoms with Gasteiger partial charge in [-0.25, -0.2) is 0 Å². The minimum Gasteiger partial charge on any atom is -0.352 e. The number of rotatable bonds is 11. The van der Waals surface area contributed by atoms with Crippen molar-refractivity contribution in [1.29, 1.82) is 0 Å². The summed E-state index contributed by atoms with van der Waals surface area (Å²) in [6, 6.07) is 0.635. The summed E-state index contributed by atoms with van der Waals surface area (Å²) in [6.45, 7) is 16.5. The van der Waals surface area contributed by atoms with E-state index in [9.17, 15) is 0 Å². The van der Waals surface area contributed by atoms with Crippen LogP contribution in [0.5, 0.6) is 0 Å². The van der Waals surface area contributed by atoms with E-state index < -0.39 is 0 Å². The molecule has 3 nitrogen and oxygen atoms in total. The second-order valence-corrected chi connectivity index (χ2v) is 5.16. The second-order valence-electron chi connectivity index (χ2n) is 5.16. The predicted molar refractivity (Wildman–Crippen MR) is 77.8 cm³/mol. The number of hydrogen-bond acceptors (Lipinski definition) is 3. The van der Waals surface area contributed by atoms with Crippen molar-refractivity contribution in [2.45, 2.75) is 66.7 Å². The molecule has 0 amide bonds. The first-order chi connectivity index (χ1) is 8.58. The third kappa shape index (κ3) is 7.34. The van der Waals surface area contributed by atoms with Crippen LogP contribution in [-0.4, -0.2) is 43.5 Å². The molecule has 0 saturated heterocycles. The second kappa shape index (κ2) is 10.8. The van der Waals surface area contributed by atoms with Gasteiger partial charge in [-0.2, -0.15) is 0 Å². The van der Waals surface area contributed by atoms with Gasteiger partial charge in [-0.3, -0.25) is 4.90 Å². The molecule has 0 aromatic carbocycles. The van der Waals surface area contributed by atoms with Gasteiger partial charge in [0.05, 0.1) is 0 Å². The van der Waals surface area contributed by atoms with E-state index in [2.05, 4.69) is 32.6 Å². The average Bonchev–Trinajstić information content (AvgIpc) is 2.30. The summed E-state index contributed by atoms with van der Waals surface area (Å²) in [5.74, 6) is 0.675. The van der Waals surface area contributed by atoms with Crippen LogP contribution in [-0.2, 0) is 9.47 Å². The van der Waals surface area contributed by atoms with Gasteiger partial charge in [0.25, 0.3) is 0 Å². The molecule has 0 atom stereocenters. The largest absolute Gasteiger partial charge is 0.352 e. The van der Waals surface area contributed by atoms with E-state index >= 15 is 0 Å². The average molecular weight is 259 g/mol. The Kier molecular flexibility index (Phi) is 10.7. The molecular weight excluding hydrogens is 226 g/mol. The lowest BCUT2D eigenvalue weighted by molar-refractivity contribution is -0.151. The number of nitrogens with zero attached hydrogens (tertiary/aromatic N) is 1. The first kappa shape index (κ1) is 17.9. The fourth-order valence-electron chi connectivity index (χ4n) is 2.36. The van der Waals surface area contributed by atoms with E-state index in [4.69, 9.17) is 9.47 Å². The van der Waals surface area contributed by atoms with Crippen LogP contribution in [0.2, 0.25) is 0 Å². The lowest BCUT2D eigenvalue weighted by Gasteiger charge is -2.34. The van der Waals surface area contributed by atoms with Gasteiger partial charge in [0, 0.05) is 32.3 Å². The van der Waals surface area contributed by atoms with Crippen LogP contribution in [0.25, 0.3) is 0 Å². The Labute approximate surface area is 114 Å². The van der Waals surface area contributed by atoms with Gasteiger partial charge in [-0.1, -0.05) is 27.7 Å². The zero-order chi connectivity index (χ0) is 14.0. The Morgan fingerprint density at radius 1 is 0.833 bits per heavy atom. The van der Waals surface area contributed by atoms with E-state index in [1.807, 2.05) is 13.8 Å². The van der Waals surface area contributed by atoms with Crippen LogP contribution in [0.1, 0.15) is 54.4 Å². The van der Waals surface area contributed by atoms with Crippen molar-refractivity contribution >= 4 is 0 Å². The molecule has 0 aliphatic rings. The molecule has 18 heavy (non-hydrogen) atoms. The van der Waals surface area contributed by atoms with Crippen molar-refractivity contribution in [3.05, 3.63) is 0 Å². The first-order valence-electron chi connectivity index (χ1n) is 7.56. The summed E-state index contributed by atoms with van der Waals surface area (Å²) in [7, 11) is 0. The third-order valence-electron chi connectivity index (χ3n) is 3.15. The molecule has 0 bridgehead atoms. The highest BCUT2D eigenvalue weighted by Crippen LogP contribution is 2.13. The highest BCUT2D eigenvalue weighted by molar-refractivity contribution is 4.71. The Balaban J connectivity index is 4.51. The van der Waals surface area contributed by atoms with Crippen molar-refractivity contribution in [2.75, 3.05) is 26.3 Å². The molecule has 0 aliphatic heterocycles. The maximum Gasteiger partial charge on any atom is 0.170 e. The minimum atomic E-state index is -0.0839. The van der Waals surface area contributed by atoms with E-state index in [0.717, 1.165) is 13.1 Å². The smallest absolute Gasteiger partial charge is 0.170 e. The Bertz CT molecular complexity index is 175. The quantitative estimate of drug-likeness (QED) is 0.530. The van der Waals surface area contributed by atoms with Crippen molar-refractivity contribution in [2.24, 2.45) is 5.92 Å². The zero-order valence-electron chi connectivity index (χ0n) is 13.2. The van der Waals surface area contributed by atoms with Crippen molar-refractivity contribution in [1.82, 2.24) is 4.90 Å². The van der Waals surface area contributed by atoms with Crippen LogP contribution in [0.4, 0.5) is 0 Å². The highest BCUT2D eigenvalue weighted by Gasteiger charge is 2.21. The van der Waals surface area contributed by atoms with Crippen LogP contribution in [0, 0.1) is 5.92 Å². The van der Waals surface area contributed by atoms with E-state index in [-0.39, 0.29) is 6.29 Å². The topological polar surface area (TPSA) is 21.7 Å². The SMILES string of the molecule is CCOC(CN(CC(C)C)C(CC)CC)OCC. The summed E-state index contributed by atoms with van der Waals surface area (Å²) in [5, 5.41) is 0. The van der Waals surface area contributed by atoms with E-state index in [1.54, 1.807) is 0 Å². The molecule has 3 heteroatoms. The molecule has 0 spiro atoms. The molecule has 0 N–H and O–H groups in total. The Morgan fingerprint density at radius 2 is 1.33 bits per heavy atom. The number of hydrogen-bond donors (Lipinski definition) is 0. The molecule has 0 fully saturated rings. The maximum atomic E-state index is 5.67. The molecule has 0 radical (unpaired) electrons. The van der Waals surface area contributed by atoms with E-state index in [0.29, 0.717) is 25.2 Å². The summed E-state index contributed by atoms with van der Waals surface area (Å²) in [5.41, 5.74) is 0. The monoisotopic (exact) mass is 259 g/mol. The molecule has 0 aromatic heterocycles. The molecule has 0 unspecified atom stereocenters. The number of ether oxygens (including phenoxy) is 2. The summed E-state index contributed by atoms with van der Waals surface area (Å²) < 4.78 is 11.3. The van der Waals surface area contributed by atoms with Gasteiger partial charge in [0.1, 0.15) is 0 Å². The first-order valence-corrected chi connectivity index (χ1v) is 7.56. The van der Waals surface area contributed by atoms with Gasteiger partial charge in [-0.15, -0.1) is 0 Å². The normalized spacial score (nSPS) is 12.3. The maximum absolute atomic E-state index is 5.67. The zero-order valence-corrected chi connectivity index (χ0v) is 13.2. The molecule has 0 aliphatic carbocycles. The summed E-state index contributed by atoms with van der Waals surface area (Å²) in [4.78, 5) is 2.53. The fourth-order valence-corrected chi connectivity index (χ4v) is 2.36. The lowest BCUT2D eigenvalue weighted by Crippen LogP contribution is -2.43. The Morgan fingerprint density at radius 3 is 1.67 bits per heavy atom. The van der Waals surface area contributed by atoms with Crippen LogP contribution >= 0.6 is 0 Å². The minimum absolute atomic E-state index is 0.0839. The van der Waals surface area contributed by atoms with Gasteiger partial charge >= 0.3 is 0 Å². The van der Waals surface area contributed by atoms with Gasteiger partial charge in [0.15, 0.2) is 6.29 Å². The highest BCUT2D eigenvalue weighted by atomic mass is 16.7. The molecule has 0 saturated carbocycles. The lowest BCUT2D eigenvalue weighted by atomic mass is 10.1. The third-order valence-corrected chi connectivity index (χ3v) is 3.15. The van der Waals surface area contributed by atoms with Gasteiger partial charge in [0.2, 0.25) is 0 Å².